The van der Waals surface area contributed by atoms with E-state index >= 15 is 0 Å². The molecule has 2 heterocycles. The Bertz CT molecular complexity index is 1160. The van der Waals surface area contributed by atoms with Crippen molar-refractivity contribution < 1.29 is 17.9 Å². The Kier molecular flexibility index (Phi) is 4.92. The van der Waals surface area contributed by atoms with Gasteiger partial charge in [-0.15, -0.1) is 0 Å². The fraction of sp³-hybridized carbons (Fsp3) is 0.130. The Morgan fingerprint density at radius 2 is 1.79 bits per heavy atom. The van der Waals surface area contributed by atoms with E-state index in [1.165, 1.54) is 12.3 Å². The van der Waals surface area contributed by atoms with Crippen LogP contribution in [0.5, 0.6) is 5.75 Å². The molecule has 0 aliphatic carbocycles. The van der Waals surface area contributed by atoms with E-state index in [9.17, 15) is 13.2 Å². The molecule has 0 aliphatic heterocycles. The average Bonchev–Trinajstić information content (AvgIpc) is 2.72. The molecule has 0 bridgehead atoms. The third-order valence-corrected chi connectivity index (χ3v) is 4.64. The van der Waals surface area contributed by atoms with Gasteiger partial charge in [0, 0.05) is 29.5 Å². The minimum absolute atomic E-state index is 0.0534. The molecule has 2 aromatic heterocycles. The van der Waals surface area contributed by atoms with Gasteiger partial charge in [-0.3, -0.25) is 9.97 Å². The summed E-state index contributed by atoms with van der Waals surface area (Å²) in [5.41, 5.74) is 2.42. The molecule has 4 rings (SSSR count). The van der Waals surface area contributed by atoms with Crippen LogP contribution in [0.3, 0.4) is 0 Å². The van der Waals surface area contributed by atoms with Crippen molar-refractivity contribution in [3.63, 3.8) is 0 Å². The second kappa shape index (κ2) is 7.54. The molecule has 146 valence electrons. The molecule has 0 spiro atoms. The van der Waals surface area contributed by atoms with Crippen LogP contribution in [-0.4, -0.2) is 9.97 Å². The minimum atomic E-state index is -4.46. The Morgan fingerprint density at radius 3 is 2.55 bits per heavy atom. The Labute approximate surface area is 165 Å². The van der Waals surface area contributed by atoms with Gasteiger partial charge in [0.2, 0.25) is 0 Å². The average molecular weight is 394 g/mol. The van der Waals surface area contributed by atoms with Crippen LogP contribution in [0.15, 0.2) is 73.2 Å². The van der Waals surface area contributed by atoms with Gasteiger partial charge in [0.25, 0.3) is 0 Å². The van der Waals surface area contributed by atoms with Crippen LogP contribution in [0, 0.1) is 6.92 Å². The Morgan fingerprint density at radius 1 is 0.966 bits per heavy atom. The lowest BCUT2D eigenvalue weighted by atomic mass is 9.95. The van der Waals surface area contributed by atoms with Crippen LogP contribution >= 0.6 is 0 Å². The Balaban J connectivity index is 1.76. The van der Waals surface area contributed by atoms with E-state index in [2.05, 4.69) is 9.97 Å². The number of hydrogen-bond acceptors (Lipinski definition) is 3. The van der Waals surface area contributed by atoms with Crippen molar-refractivity contribution >= 4 is 10.9 Å². The summed E-state index contributed by atoms with van der Waals surface area (Å²) >= 11 is 0. The van der Waals surface area contributed by atoms with Gasteiger partial charge in [0.15, 0.2) is 0 Å². The molecule has 0 unspecified atom stereocenters. The lowest BCUT2D eigenvalue weighted by Gasteiger charge is -2.15. The highest BCUT2D eigenvalue weighted by Crippen LogP contribution is 2.38. The van der Waals surface area contributed by atoms with Crippen molar-refractivity contribution in [1.82, 2.24) is 9.97 Å². The van der Waals surface area contributed by atoms with E-state index in [0.717, 1.165) is 22.8 Å². The van der Waals surface area contributed by atoms with Crippen molar-refractivity contribution in [2.75, 3.05) is 0 Å². The molecular formula is C23H17F3N2O. The first-order valence-corrected chi connectivity index (χ1v) is 9.01. The van der Waals surface area contributed by atoms with Crippen LogP contribution in [0.4, 0.5) is 13.2 Å². The summed E-state index contributed by atoms with van der Waals surface area (Å²) < 4.78 is 46.1. The van der Waals surface area contributed by atoms with Gasteiger partial charge in [-0.25, -0.2) is 0 Å². The molecule has 0 saturated carbocycles. The van der Waals surface area contributed by atoms with E-state index in [1.807, 2.05) is 43.3 Å². The molecule has 0 fully saturated rings. The SMILES string of the molecule is Cc1cnc2c(C(F)(F)F)cccc2c1-c1cccc(OCc2cccnc2)c1. The number of aromatic nitrogens is 2. The molecular weight excluding hydrogens is 377 g/mol. The first kappa shape index (κ1) is 18.9. The number of halogens is 3. The van der Waals surface area contributed by atoms with Gasteiger partial charge >= 0.3 is 6.18 Å². The number of pyridine rings is 2. The van der Waals surface area contributed by atoms with Gasteiger partial charge in [0.05, 0.1) is 11.1 Å². The zero-order chi connectivity index (χ0) is 20.4. The number of aryl methyl sites for hydroxylation is 1. The normalized spacial score (nSPS) is 11.6. The van der Waals surface area contributed by atoms with Crippen LogP contribution in [0.1, 0.15) is 16.7 Å². The summed E-state index contributed by atoms with van der Waals surface area (Å²) in [6.45, 7) is 2.19. The molecule has 0 atom stereocenters. The fourth-order valence-electron chi connectivity index (χ4n) is 3.33. The number of ether oxygens (including phenoxy) is 1. The molecule has 0 radical (unpaired) electrons. The fourth-order valence-corrected chi connectivity index (χ4v) is 3.33. The molecule has 4 aromatic rings. The Hall–Kier alpha value is -3.41. The number of benzene rings is 2. The van der Waals surface area contributed by atoms with E-state index in [-0.39, 0.29) is 5.52 Å². The lowest BCUT2D eigenvalue weighted by Crippen LogP contribution is -2.07. The monoisotopic (exact) mass is 394 g/mol. The van der Waals surface area contributed by atoms with Crippen LogP contribution in [-0.2, 0) is 12.8 Å². The summed E-state index contributed by atoms with van der Waals surface area (Å²) in [6.07, 6.45) is 0.434. The number of nitrogens with zero attached hydrogens (tertiary/aromatic N) is 2. The van der Waals surface area contributed by atoms with Crippen LogP contribution in [0.2, 0.25) is 0 Å². The van der Waals surface area contributed by atoms with Crippen molar-refractivity contribution in [2.45, 2.75) is 19.7 Å². The number of alkyl halides is 3. The van der Waals surface area contributed by atoms with Crippen molar-refractivity contribution in [2.24, 2.45) is 0 Å². The first-order chi connectivity index (χ1) is 13.9. The summed E-state index contributed by atoms with van der Waals surface area (Å²) in [6, 6.07) is 15.2. The highest BCUT2D eigenvalue weighted by Gasteiger charge is 2.33. The molecule has 0 aliphatic rings. The topological polar surface area (TPSA) is 35.0 Å². The predicted molar refractivity (Wildman–Crippen MR) is 105 cm³/mol. The number of para-hydroxylation sites is 1. The third kappa shape index (κ3) is 3.92. The summed E-state index contributed by atoms with van der Waals surface area (Å²) in [7, 11) is 0. The summed E-state index contributed by atoms with van der Waals surface area (Å²) in [5, 5.41) is 0.462. The molecule has 29 heavy (non-hydrogen) atoms. The molecule has 0 N–H and O–H groups in total. The van der Waals surface area contributed by atoms with Gasteiger partial charge in [-0.1, -0.05) is 30.3 Å². The van der Waals surface area contributed by atoms with Gasteiger partial charge < -0.3 is 4.74 Å². The van der Waals surface area contributed by atoms with Crippen molar-refractivity contribution in [3.8, 4) is 16.9 Å². The second-order valence-electron chi connectivity index (χ2n) is 6.69. The van der Waals surface area contributed by atoms with E-state index < -0.39 is 11.7 Å². The van der Waals surface area contributed by atoms with Crippen molar-refractivity contribution in [3.05, 3.63) is 89.9 Å². The first-order valence-electron chi connectivity index (χ1n) is 9.01. The predicted octanol–water partition coefficient (Wildman–Crippen LogP) is 6.20. The quantitative estimate of drug-likeness (QED) is 0.413. The van der Waals surface area contributed by atoms with Gasteiger partial charge in [0.1, 0.15) is 12.4 Å². The zero-order valence-corrected chi connectivity index (χ0v) is 15.6. The zero-order valence-electron chi connectivity index (χ0n) is 15.6. The highest BCUT2D eigenvalue weighted by atomic mass is 19.4. The van der Waals surface area contributed by atoms with Gasteiger partial charge in [-0.05, 0) is 47.9 Å². The summed E-state index contributed by atoms with van der Waals surface area (Å²) in [5.74, 6) is 0.627. The summed E-state index contributed by atoms with van der Waals surface area (Å²) in [4.78, 5) is 8.13. The maximum Gasteiger partial charge on any atom is 0.418 e. The highest BCUT2D eigenvalue weighted by molar-refractivity contribution is 5.97. The molecule has 0 saturated heterocycles. The molecule has 3 nitrogen and oxygen atoms in total. The molecule has 0 amide bonds. The molecule has 6 heteroatoms. The third-order valence-electron chi connectivity index (χ3n) is 4.64. The smallest absolute Gasteiger partial charge is 0.418 e. The van der Waals surface area contributed by atoms with Gasteiger partial charge in [-0.2, -0.15) is 13.2 Å². The largest absolute Gasteiger partial charge is 0.489 e. The standard InChI is InChI=1S/C23H17F3N2O/c1-15-12-28-22-19(8-3-9-20(22)23(24,25)26)21(15)17-6-2-7-18(11-17)29-14-16-5-4-10-27-13-16/h2-13H,14H2,1H3. The van der Waals surface area contributed by atoms with Crippen LogP contribution < -0.4 is 4.74 Å². The van der Waals surface area contributed by atoms with E-state index in [4.69, 9.17) is 4.74 Å². The maximum absolute atomic E-state index is 13.4. The lowest BCUT2D eigenvalue weighted by molar-refractivity contribution is -0.136. The number of fused-ring (bicyclic) bond motifs is 1. The number of hydrogen-bond donors (Lipinski definition) is 0. The second-order valence-corrected chi connectivity index (χ2v) is 6.69. The van der Waals surface area contributed by atoms with Crippen molar-refractivity contribution in [1.29, 1.82) is 0 Å². The molecule has 2 aromatic carbocycles. The van der Waals surface area contributed by atoms with E-state index in [1.54, 1.807) is 18.5 Å². The minimum Gasteiger partial charge on any atom is -0.489 e. The number of rotatable bonds is 4. The van der Waals surface area contributed by atoms with Crippen LogP contribution in [0.25, 0.3) is 22.0 Å². The van der Waals surface area contributed by atoms with E-state index in [0.29, 0.717) is 23.3 Å². The maximum atomic E-state index is 13.4.